The maximum Gasteiger partial charge on any atom is 0.472 e. The van der Waals surface area contributed by atoms with Crippen LogP contribution in [0.2, 0.25) is 0 Å². The maximum absolute atomic E-state index is 12.7. The van der Waals surface area contributed by atoms with Gasteiger partial charge in [-0.15, -0.1) is 0 Å². The number of allylic oxidation sites excluding steroid dienone is 2. The van der Waals surface area contributed by atoms with E-state index in [0.29, 0.717) is 23.9 Å². The first kappa shape index (κ1) is 44.2. The predicted octanol–water partition coefficient (Wildman–Crippen LogP) is 9.24. The third-order valence-electron chi connectivity index (χ3n) is 8.26. The first-order valence-electron chi connectivity index (χ1n) is 18.6. The molecule has 0 aliphatic rings. The normalized spacial score (nSPS) is 14.9. The molecule has 0 bridgehead atoms. The van der Waals surface area contributed by atoms with Crippen LogP contribution >= 0.6 is 7.82 Å². The van der Waals surface area contributed by atoms with Crippen molar-refractivity contribution < 1.29 is 32.9 Å². The Bertz CT molecular complexity index is 758. The zero-order chi connectivity index (χ0) is 33.7. The fourth-order valence-corrected chi connectivity index (χ4v) is 5.95. The molecule has 0 aromatic carbocycles. The van der Waals surface area contributed by atoms with E-state index in [1.165, 1.54) is 89.9 Å². The van der Waals surface area contributed by atoms with Crippen LogP contribution in [0.1, 0.15) is 162 Å². The molecule has 0 spiro atoms. The van der Waals surface area contributed by atoms with Crippen LogP contribution < -0.4 is 5.32 Å². The summed E-state index contributed by atoms with van der Waals surface area (Å²) < 4.78 is 23.4. The van der Waals surface area contributed by atoms with E-state index in [4.69, 9.17) is 9.05 Å². The molecule has 1 amide bonds. The second kappa shape index (κ2) is 29.4. The molecule has 0 aromatic heterocycles. The lowest BCUT2D eigenvalue weighted by Gasteiger charge is -2.26. The first-order chi connectivity index (χ1) is 21.5. The molecule has 0 aromatic rings. The fraction of sp³-hybridized carbons (Fsp3) is 0.917. The third-order valence-corrected chi connectivity index (χ3v) is 9.25. The summed E-state index contributed by atoms with van der Waals surface area (Å²) >= 11 is 0. The van der Waals surface area contributed by atoms with Crippen LogP contribution in [0.5, 0.6) is 0 Å². The van der Waals surface area contributed by atoms with E-state index >= 15 is 0 Å². The number of hydrogen-bond acceptors (Lipinski definition) is 5. The SMILES string of the molecule is CCCCCCCCCC/C=C/CCCC[C@@H](O)[C@H](COP(=O)(O)OCC[N+](C)(C)C)NC(=O)CCCCCCCCCCC. The van der Waals surface area contributed by atoms with Gasteiger partial charge < -0.3 is 19.8 Å². The largest absolute Gasteiger partial charge is 0.472 e. The summed E-state index contributed by atoms with van der Waals surface area (Å²) in [4.78, 5) is 22.9. The smallest absolute Gasteiger partial charge is 0.391 e. The maximum atomic E-state index is 12.7. The molecule has 45 heavy (non-hydrogen) atoms. The summed E-state index contributed by atoms with van der Waals surface area (Å²) in [6.07, 6.45) is 29.5. The first-order valence-corrected chi connectivity index (χ1v) is 20.0. The summed E-state index contributed by atoms with van der Waals surface area (Å²) in [5.41, 5.74) is 0. The standard InChI is InChI=1S/C36H73N2O6P/c1-6-8-10-12-14-16-17-18-19-20-22-23-25-27-29-35(39)34(33-44-45(41,42)43-32-31-38(3,4)5)37-36(40)30-28-26-24-21-15-13-11-9-7-2/h20,22,34-35,39H,6-19,21,23-33H2,1-5H3,(H-,37,40,41,42)/p+1/b22-20+/t34-,35+/m0/s1. The van der Waals surface area contributed by atoms with Crippen molar-refractivity contribution in [3.63, 3.8) is 0 Å². The van der Waals surface area contributed by atoms with Gasteiger partial charge in [0.1, 0.15) is 13.2 Å². The van der Waals surface area contributed by atoms with E-state index in [1.807, 2.05) is 21.1 Å². The van der Waals surface area contributed by atoms with E-state index in [9.17, 15) is 19.4 Å². The van der Waals surface area contributed by atoms with Gasteiger partial charge in [-0.3, -0.25) is 13.8 Å². The van der Waals surface area contributed by atoms with Crippen molar-refractivity contribution in [1.29, 1.82) is 0 Å². The molecular weight excluding hydrogens is 587 g/mol. The Kier molecular flexibility index (Phi) is 28.9. The quantitative estimate of drug-likeness (QED) is 0.0280. The summed E-state index contributed by atoms with van der Waals surface area (Å²) in [5.74, 6) is -0.159. The molecule has 0 saturated heterocycles. The monoisotopic (exact) mass is 662 g/mol. The van der Waals surface area contributed by atoms with Gasteiger partial charge in [0.15, 0.2) is 0 Å². The molecule has 1 unspecified atom stereocenters. The summed E-state index contributed by atoms with van der Waals surface area (Å²) in [5, 5.41) is 13.8. The number of aliphatic hydroxyl groups excluding tert-OH is 1. The zero-order valence-corrected chi connectivity index (χ0v) is 31.0. The van der Waals surface area contributed by atoms with E-state index in [2.05, 4.69) is 31.3 Å². The fourth-order valence-electron chi connectivity index (χ4n) is 5.21. The molecule has 3 atom stereocenters. The minimum absolute atomic E-state index is 0.0715. The van der Waals surface area contributed by atoms with E-state index in [1.54, 1.807) is 0 Å². The minimum atomic E-state index is -4.30. The molecule has 9 heteroatoms. The number of nitrogens with zero attached hydrogens (tertiary/aromatic N) is 1. The van der Waals surface area contributed by atoms with Gasteiger partial charge in [0.05, 0.1) is 39.9 Å². The molecule has 0 aliphatic heterocycles. The number of phosphoric ester groups is 1. The van der Waals surface area contributed by atoms with Gasteiger partial charge in [0.25, 0.3) is 0 Å². The number of hydrogen-bond donors (Lipinski definition) is 3. The Morgan fingerprint density at radius 3 is 1.71 bits per heavy atom. The van der Waals surface area contributed by atoms with Gasteiger partial charge in [-0.25, -0.2) is 4.57 Å². The Hall–Kier alpha value is -0.760. The lowest BCUT2D eigenvalue weighted by Crippen LogP contribution is -2.46. The lowest BCUT2D eigenvalue weighted by atomic mass is 10.0. The number of rotatable bonds is 33. The highest BCUT2D eigenvalue weighted by Gasteiger charge is 2.28. The molecule has 0 fully saturated rings. The number of nitrogens with one attached hydrogen (secondary N) is 1. The van der Waals surface area contributed by atoms with Crippen LogP contribution in [-0.2, 0) is 18.4 Å². The van der Waals surface area contributed by atoms with Gasteiger partial charge in [-0.1, -0.05) is 129 Å². The molecule has 8 nitrogen and oxygen atoms in total. The van der Waals surface area contributed by atoms with Crippen molar-refractivity contribution >= 4 is 13.7 Å². The summed E-state index contributed by atoms with van der Waals surface area (Å²) in [6, 6.07) is -0.768. The summed E-state index contributed by atoms with van der Waals surface area (Å²) in [7, 11) is 1.60. The highest BCUT2D eigenvalue weighted by molar-refractivity contribution is 7.47. The Morgan fingerprint density at radius 2 is 1.20 bits per heavy atom. The average molecular weight is 662 g/mol. The Balaban J connectivity index is 4.52. The van der Waals surface area contributed by atoms with Crippen molar-refractivity contribution in [2.75, 3.05) is 40.9 Å². The number of likely N-dealkylation sites (N-methyl/N-ethyl adjacent to an activating group) is 1. The van der Waals surface area contributed by atoms with Crippen LogP contribution in [0.4, 0.5) is 0 Å². The predicted molar refractivity (Wildman–Crippen MR) is 189 cm³/mol. The third kappa shape index (κ3) is 31.6. The molecule has 0 radical (unpaired) electrons. The molecule has 0 saturated carbocycles. The number of carbonyl (C=O) groups excluding carboxylic acids is 1. The number of aliphatic hydroxyl groups is 1. The molecule has 3 N–H and O–H groups in total. The van der Waals surface area contributed by atoms with E-state index in [0.717, 1.165) is 44.9 Å². The van der Waals surface area contributed by atoms with Crippen molar-refractivity contribution in [3.8, 4) is 0 Å². The van der Waals surface area contributed by atoms with Crippen LogP contribution in [0.25, 0.3) is 0 Å². The molecule has 0 aliphatic carbocycles. The van der Waals surface area contributed by atoms with Gasteiger partial charge in [0, 0.05) is 6.42 Å². The number of amides is 1. The van der Waals surface area contributed by atoms with Gasteiger partial charge in [0.2, 0.25) is 5.91 Å². The lowest BCUT2D eigenvalue weighted by molar-refractivity contribution is -0.870. The van der Waals surface area contributed by atoms with E-state index < -0.39 is 20.0 Å². The average Bonchev–Trinajstić information content (AvgIpc) is 2.97. The van der Waals surface area contributed by atoms with Crippen molar-refractivity contribution in [2.24, 2.45) is 0 Å². The molecule has 0 rings (SSSR count). The molecule has 0 heterocycles. The van der Waals surface area contributed by atoms with Crippen molar-refractivity contribution in [2.45, 2.75) is 174 Å². The van der Waals surface area contributed by atoms with Gasteiger partial charge >= 0.3 is 7.82 Å². The highest BCUT2D eigenvalue weighted by atomic mass is 31.2. The zero-order valence-electron chi connectivity index (χ0n) is 30.1. The molecular formula is C36H74N2O6P+. The van der Waals surface area contributed by atoms with Crippen LogP contribution in [0, 0.1) is 0 Å². The Labute approximate surface area is 278 Å². The topological polar surface area (TPSA) is 105 Å². The summed E-state index contributed by atoms with van der Waals surface area (Å²) in [6.45, 7) is 4.82. The number of phosphoric acid groups is 1. The van der Waals surface area contributed by atoms with Crippen LogP contribution in [-0.4, -0.2) is 73.4 Å². The second-order valence-corrected chi connectivity index (χ2v) is 15.4. The van der Waals surface area contributed by atoms with Gasteiger partial charge in [-0.05, 0) is 38.5 Å². The van der Waals surface area contributed by atoms with Crippen molar-refractivity contribution in [1.82, 2.24) is 5.32 Å². The Morgan fingerprint density at radius 1 is 0.733 bits per heavy atom. The number of carbonyl (C=O) groups is 1. The van der Waals surface area contributed by atoms with Crippen molar-refractivity contribution in [3.05, 3.63) is 12.2 Å². The number of quaternary nitrogens is 1. The highest BCUT2D eigenvalue weighted by Crippen LogP contribution is 2.43. The second-order valence-electron chi connectivity index (χ2n) is 14.0. The minimum Gasteiger partial charge on any atom is -0.391 e. The van der Waals surface area contributed by atoms with Crippen LogP contribution in [0.3, 0.4) is 0 Å². The van der Waals surface area contributed by atoms with Crippen LogP contribution in [0.15, 0.2) is 12.2 Å². The van der Waals surface area contributed by atoms with Gasteiger partial charge in [-0.2, -0.15) is 0 Å². The molecule has 268 valence electrons. The van der Waals surface area contributed by atoms with E-state index in [-0.39, 0.29) is 19.1 Å². The number of unbranched alkanes of at least 4 members (excludes halogenated alkanes) is 18.